The average Bonchev–Trinajstić information content (AvgIpc) is 2.81. The number of rotatable bonds is 3. The van der Waals surface area contributed by atoms with E-state index in [1.165, 1.54) is 0 Å². The summed E-state index contributed by atoms with van der Waals surface area (Å²) in [7, 11) is 0. The van der Waals surface area contributed by atoms with Crippen molar-refractivity contribution in [3.8, 4) is 0 Å². The van der Waals surface area contributed by atoms with Crippen molar-refractivity contribution in [3.05, 3.63) is 70.9 Å². The number of hydrogen-bond acceptors (Lipinski definition) is 2. The summed E-state index contributed by atoms with van der Waals surface area (Å²) in [4.78, 5) is 14.4. The van der Waals surface area contributed by atoms with Crippen LogP contribution in [-0.4, -0.2) is 11.0 Å². The highest BCUT2D eigenvalue weighted by molar-refractivity contribution is 7.80. The van der Waals surface area contributed by atoms with Gasteiger partial charge >= 0.3 is 0 Å². The number of hydrogen-bond donors (Lipinski definition) is 1. The van der Waals surface area contributed by atoms with Crippen LogP contribution >= 0.6 is 12.2 Å². The Morgan fingerprint density at radius 2 is 1.96 bits per heavy atom. The van der Waals surface area contributed by atoms with Crippen molar-refractivity contribution in [2.45, 2.75) is 20.3 Å². The molecule has 0 spiro atoms. The van der Waals surface area contributed by atoms with Gasteiger partial charge in [0, 0.05) is 0 Å². The Kier molecular flexibility index (Phi) is 4.26. The maximum absolute atomic E-state index is 12.8. The first kappa shape index (κ1) is 15.4. The van der Waals surface area contributed by atoms with Gasteiger partial charge in [0.05, 0.1) is 5.69 Å². The number of amides is 1. The van der Waals surface area contributed by atoms with Crippen LogP contribution < -0.4 is 10.2 Å². The van der Waals surface area contributed by atoms with Crippen LogP contribution in [0.3, 0.4) is 0 Å². The average molecular weight is 322 g/mol. The van der Waals surface area contributed by atoms with Gasteiger partial charge in [0.1, 0.15) is 5.70 Å². The van der Waals surface area contributed by atoms with Gasteiger partial charge < -0.3 is 5.32 Å². The number of carbonyl (C=O) groups excluding carboxylic acids is 1. The topological polar surface area (TPSA) is 32.3 Å². The summed E-state index contributed by atoms with van der Waals surface area (Å²) in [5.41, 5.74) is 4.59. The molecule has 1 aliphatic heterocycles. The summed E-state index contributed by atoms with van der Waals surface area (Å²) in [5.74, 6) is -0.114. The molecule has 1 heterocycles. The van der Waals surface area contributed by atoms with Gasteiger partial charge in [0.2, 0.25) is 0 Å². The molecule has 1 saturated heterocycles. The molecule has 0 saturated carbocycles. The second-order valence-corrected chi connectivity index (χ2v) is 5.91. The van der Waals surface area contributed by atoms with Gasteiger partial charge in [-0.1, -0.05) is 55.0 Å². The van der Waals surface area contributed by atoms with Crippen LogP contribution in [0.15, 0.2) is 54.2 Å². The third-order valence-electron chi connectivity index (χ3n) is 3.84. The van der Waals surface area contributed by atoms with E-state index in [9.17, 15) is 4.79 Å². The molecule has 3 rings (SSSR count). The Morgan fingerprint density at radius 1 is 1.17 bits per heavy atom. The first-order valence-electron chi connectivity index (χ1n) is 7.62. The van der Waals surface area contributed by atoms with E-state index >= 15 is 0 Å². The van der Waals surface area contributed by atoms with Gasteiger partial charge in [-0.25, -0.2) is 0 Å². The number of para-hydroxylation sites is 1. The first-order valence-corrected chi connectivity index (χ1v) is 8.02. The lowest BCUT2D eigenvalue weighted by Gasteiger charge is -2.17. The van der Waals surface area contributed by atoms with Gasteiger partial charge in [0.25, 0.3) is 5.91 Å². The fourth-order valence-corrected chi connectivity index (χ4v) is 3.00. The second kappa shape index (κ2) is 6.34. The molecule has 0 atom stereocenters. The molecule has 1 fully saturated rings. The molecule has 0 aliphatic carbocycles. The zero-order valence-corrected chi connectivity index (χ0v) is 14.0. The molecule has 3 nitrogen and oxygen atoms in total. The summed E-state index contributed by atoms with van der Waals surface area (Å²) >= 11 is 5.38. The van der Waals surface area contributed by atoms with Gasteiger partial charge in [-0.2, -0.15) is 0 Å². The number of benzene rings is 2. The molecular formula is C19H18N2OS. The number of anilines is 1. The molecule has 2 aromatic carbocycles. The van der Waals surface area contributed by atoms with Crippen LogP contribution in [0.2, 0.25) is 0 Å². The zero-order chi connectivity index (χ0) is 16.4. The van der Waals surface area contributed by atoms with Crippen LogP contribution in [-0.2, 0) is 11.2 Å². The van der Waals surface area contributed by atoms with Crippen LogP contribution in [0.4, 0.5) is 5.69 Å². The van der Waals surface area contributed by atoms with E-state index in [2.05, 4.69) is 12.2 Å². The van der Waals surface area contributed by atoms with Crippen molar-refractivity contribution in [1.82, 2.24) is 5.32 Å². The molecular weight excluding hydrogens is 304 g/mol. The van der Waals surface area contributed by atoms with Crippen molar-refractivity contribution >= 4 is 35.0 Å². The van der Waals surface area contributed by atoms with Crippen LogP contribution in [0.25, 0.3) is 6.08 Å². The highest BCUT2D eigenvalue weighted by atomic mass is 32.1. The third kappa shape index (κ3) is 3.03. The molecule has 4 heteroatoms. The van der Waals surface area contributed by atoms with Crippen LogP contribution in [0.5, 0.6) is 0 Å². The Morgan fingerprint density at radius 3 is 2.70 bits per heavy atom. The fourth-order valence-electron chi connectivity index (χ4n) is 2.71. The Labute approximate surface area is 141 Å². The molecule has 1 amide bonds. The van der Waals surface area contributed by atoms with Gasteiger partial charge in [-0.05, 0) is 48.8 Å². The van der Waals surface area contributed by atoms with Gasteiger partial charge in [0.15, 0.2) is 5.11 Å². The Hall–Kier alpha value is -2.46. The molecule has 1 N–H and O–H groups in total. The van der Waals surface area contributed by atoms with E-state index < -0.39 is 0 Å². The van der Waals surface area contributed by atoms with E-state index in [0.29, 0.717) is 10.8 Å². The molecule has 2 aromatic rings. The molecule has 0 bridgehead atoms. The van der Waals surface area contributed by atoms with E-state index in [0.717, 1.165) is 28.8 Å². The van der Waals surface area contributed by atoms with E-state index in [1.807, 2.05) is 61.5 Å². The third-order valence-corrected chi connectivity index (χ3v) is 4.13. The fraction of sp³-hybridized carbons (Fsp3) is 0.158. The second-order valence-electron chi connectivity index (χ2n) is 5.53. The number of nitrogens with one attached hydrogen (secondary N) is 1. The minimum Gasteiger partial charge on any atom is -0.327 e. The van der Waals surface area contributed by atoms with Crippen molar-refractivity contribution in [1.29, 1.82) is 0 Å². The molecule has 0 radical (unpaired) electrons. The quantitative estimate of drug-likeness (QED) is 0.689. The van der Waals surface area contributed by atoms with Gasteiger partial charge in [-0.15, -0.1) is 0 Å². The molecule has 116 valence electrons. The number of carbonyl (C=O) groups is 1. The maximum Gasteiger partial charge on any atom is 0.281 e. The monoisotopic (exact) mass is 322 g/mol. The molecule has 1 aliphatic rings. The largest absolute Gasteiger partial charge is 0.327 e. The van der Waals surface area contributed by atoms with Crippen LogP contribution in [0.1, 0.15) is 23.6 Å². The number of thiocarbonyl (C=S) groups is 1. The lowest BCUT2D eigenvalue weighted by molar-refractivity contribution is -0.113. The smallest absolute Gasteiger partial charge is 0.281 e. The highest BCUT2D eigenvalue weighted by Crippen LogP contribution is 2.26. The maximum atomic E-state index is 12.8. The van der Waals surface area contributed by atoms with Crippen molar-refractivity contribution in [3.63, 3.8) is 0 Å². The number of aryl methyl sites for hydroxylation is 2. The number of nitrogens with zero attached hydrogens (tertiary/aromatic N) is 1. The van der Waals surface area contributed by atoms with E-state index in [1.54, 1.807) is 4.90 Å². The zero-order valence-electron chi connectivity index (χ0n) is 13.2. The molecule has 0 aromatic heterocycles. The minimum atomic E-state index is -0.114. The lowest BCUT2D eigenvalue weighted by atomic mass is 10.1. The molecule has 0 unspecified atom stereocenters. The van der Waals surface area contributed by atoms with E-state index in [4.69, 9.17) is 12.2 Å². The predicted molar refractivity (Wildman–Crippen MR) is 98.2 cm³/mol. The van der Waals surface area contributed by atoms with E-state index in [-0.39, 0.29) is 5.91 Å². The summed E-state index contributed by atoms with van der Waals surface area (Å²) in [6.07, 6.45) is 2.69. The first-order chi connectivity index (χ1) is 11.1. The normalized spacial score (nSPS) is 16.1. The van der Waals surface area contributed by atoms with Crippen LogP contribution in [0, 0.1) is 6.92 Å². The highest BCUT2D eigenvalue weighted by Gasteiger charge is 2.32. The minimum absolute atomic E-state index is 0.114. The summed E-state index contributed by atoms with van der Waals surface area (Å²) in [5, 5.41) is 3.47. The summed E-state index contributed by atoms with van der Waals surface area (Å²) in [6.45, 7) is 4.10. The SMILES string of the molecule is CCc1ccccc1N1C(=O)/C(=C\c2cccc(C)c2)NC1=S. The summed E-state index contributed by atoms with van der Waals surface area (Å²) in [6, 6.07) is 15.9. The van der Waals surface area contributed by atoms with Crippen molar-refractivity contribution in [2.75, 3.05) is 4.90 Å². The standard InChI is InChI=1S/C19H18N2OS/c1-3-15-9-4-5-10-17(15)21-18(22)16(20-19(21)23)12-14-8-6-7-13(2)11-14/h4-12H,3H2,1-2H3,(H,20,23)/b16-12+. The Balaban J connectivity index is 1.97. The van der Waals surface area contributed by atoms with Crippen molar-refractivity contribution in [2.24, 2.45) is 0 Å². The van der Waals surface area contributed by atoms with Gasteiger partial charge in [-0.3, -0.25) is 9.69 Å². The van der Waals surface area contributed by atoms with Crippen molar-refractivity contribution < 1.29 is 4.79 Å². The molecule has 23 heavy (non-hydrogen) atoms. The Bertz CT molecular complexity index is 811. The lowest BCUT2D eigenvalue weighted by Crippen LogP contribution is -2.31. The summed E-state index contributed by atoms with van der Waals surface area (Å²) < 4.78 is 0. The predicted octanol–water partition coefficient (Wildman–Crippen LogP) is 3.82.